The van der Waals surface area contributed by atoms with E-state index in [-0.39, 0.29) is 17.6 Å². The molecule has 5 atom stereocenters. The Bertz CT molecular complexity index is 959. The third-order valence-electron chi connectivity index (χ3n) is 7.64. The Hall–Kier alpha value is -2.60. The average molecular weight is 457 g/mol. The van der Waals surface area contributed by atoms with Gasteiger partial charge in [0.05, 0.1) is 11.2 Å². The average Bonchev–Trinajstić information content (AvgIpc) is 3.00. The van der Waals surface area contributed by atoms with Crippen molar-refractivity contribution in [3.8, 4) is 5.75 Å². The molecule has 0 saturated heterocycles. The third-order valence-corrected chi connectivity index (χ3v) is 7.64. The third kappa shape index (κ3) is 4.72. The van der Waals surface area contributed by atoms with Gasteiger partial charge in [0.15, 0.2) is 0 Å². The van der Waals surface area contributed by atoms with Crippen LogP contribution in [0, 0.1) is 17.3 Å². The number of benzene rings is 1. The van der Waals surface area contributed by atoms with Crippen LogP contribution in [0.1, 0.15) is 71.2 Å². The smallest absolute Gasteiger partial charge is 0.338 e. The highest BCUT2D eigenvalue weighted by molar-refractivity contribution is 5.89. The number of ether oxygens (including phenoxy) is 2. The van der Waals surface area contributed by atoms with E-state index >= 15 is 0 Å². The van der Waals surface area contributed by atoms with Crippen molar-refractivity contribution in [1.82, 2.24) is 0 Å². The summed E-state index contributed by atoms with van der Waals surface area (Å²) in [5.41, 5.74) is 0.112. The van der Waals surface area contributed by atoms with Crippen molar-refractivity contribution >= 4 is 11.9 Å². The van der Waals surface area contributed by atoms with Gasteiger partial charge in [-0.3, -0.25) is 0 Å². The first-order valence-corrected chi connectivity index (χ1v) is 11.7. The second-order valence-corrected chi connectivity index (χ2v) is 10.1. The molecule has 0 aliphatic heterocycles. The van der Waals surface area contributed by atoms with Crippen LogP contribution in [0.2, 0.25) is 0 Å². The van der Waals surface area contributed by atoms with Gasteiger partial charge in [-0.25, -0.2) is 9.59 Å². The quantitative estimate of drug-likeness (QED) is 0.370. The summed E-state index contributed by atoms with van der Waals surface area (Å²) >= 11 is 0. The number of rotatable bonds is 5. The molecule has 0 spiro atoms. The van der Waals surface area contributed by atoms with Crippen molar-refractivity contribution in [2.45, 2.75) is 78.6 Å². The highest BCUT2D eigenvalue weighted by atomic mass is 16.6. The zero-order valence-electron chi connectivity index (χ0n) is 20.4. The van der Waals surface area contributed by atoms with E-state index in [0.717, 1.165) is 5.57 Å². The van der Waals surface area contributed by atoms with Crippen molar-refractivity contribution < 1.29 is 29.3 Å². The molecule has 0 amide bonds. The number of carbonyl (C=O) groups excluding carboxylic acids is 2. The maximum absolute atomic E-state index is 13.0. The van der Waals surface area contributed by atoms with Gasteiger partial charge >= 0.3 is 11.9 Å². The normalized spacial score (nSPS) is 32.1. The van der Waals surface area contributed by atoms with Crippen molar-refractivity contribution in [3.05, 3.63) is 53.1 Å². The summed E-state index contributed by atoms with van der Waals surface area (Å²) in [6.45, 7) is 11.4. The molecule has 1 saturated carbocycles. The number of hydrogen-bond acceptors (Lipinski definition) is 6. The molecule has 0 heterocycles. The minimum Gasteiger partial charge on any atom is -0.508 e. The Morgan fingerprint density at radius 1 is 1.15 bits per heavy atom. The molecular formula is C27H36O6. The van der Waals surface area contributed by atoms with E-state index in [9.17, 15) is 19.8 Å². The summed E-state index contributed by atoms with van der Waals surface area (Å²) in [6.07, 6.45) is 4.14. The van der Waals surface area contributed by atoms with Crippen LogP contribution in [-0.4, -0.2) is 40.0 Å². The summed E-state index contributed by atoms with van der Waals surface area (Å²) in [5, 5.41) is 21.4. The van der Waals surface area contributed by atoms with Crippen LogP contribution in [0.3, 0.4) is 0 Å². The van der Waals surface area contributed by atoms with E-state index < -0.39 is 35.1 Å². The van der Waals surface area contributed by atoms with Crippen LogP contribution in [-0.2, 0) is 14.3 Å². The summed E-state index contributed by atoms with van der Waals surface area (Å²) in [6, 6.07) is 5.92. The van der Waals surface area contributed by atoms with E-state index in [1.165, 1.54) is 24.3 Å². The number of esters is 2. The van der Waals surface area contributed by atoms with Crippen molar-refractivity contribution in [2.75, 3.05) is 0 Å². The fourth-order valence-corrected chi connectivity index (χ4v) is 5.42. The van der Waals surface area contributed by atoms with Gasteiger partial charge < -0.3 is 19.7 Å². The van der Waals surface area contributed by atoms with E-state index in [1.807, 2.05) is 33.8 Å². The number of aromatic hydroxyl groups is 1. The number of aliphatic hydroxyl groups is 1. The molecule has 33 heavy (non-hydrogen) atoms. The molecule has 2 N–H and O–H groups in total. The Kier molecular flexibility index (Phi) is 7.08. The van der Waals surface area contributed by atoms with Crippen LogP contribution < -0.4 is 0 Å². The Morgan fingerprint density at radius 2 is 1.79 bits per heavy atom. The minimum atomic E-state index is -1.08. The SMILES string of the molecule is CC=C(C)C(=O)O[C@@H]1C=C(C)C[C@@H](OC(=O)c2ccc(O)cc2)[C@H]2[C@@]1(C)CC[C@@]2(O)C(C)C. The Morgan fingerprint density at radius 3 is 2.36 bits per heavy atom. The van der Waals surface area contributed by atoms with Crippen LogP contribution in [0.25, 0.3) is 0 Å². The lowest BCUT2D eigenvalue weighted by molar-refractivity contribution is -0.159. The number of hydrogen-bond donors (Lipinski definition) is 2. The van der Waals surface area contributed by atoms with Crippen molar-refractivity contribution in [2.24, 2.45) is 17.3 Å². The van der Waals surface area contributed by atoms with Gasteiger partial charge in [-0.2, -0.15) is 0 Å². The molecule has 0 radical (unpaired) electrons. The number of phenols is 1. The number of fused-ring (bicyclic) bond motifs is 1. The number of allylic oxidation sites excluding steroid dienone is 1. The molecule has 1 aromatic rings. The second-order valence-electron chi connectivity index (χ2n) is 10.1. The largest absolute Gasteiger partial charge is 0.508 e. The molecule has 0 aromatic heterocycles. The summed E-state index contributed by atoms with van der Waals surface area (Å²) in [7, 11) is 0. The van der Waals surface area contributed by atoms with Crippen molar-refractivity contribution in [1.29, 1.82) is 0 Å². The van der Waals surface area contributed by atoms with Crippen LogP contribution in [0.5, 0.6) is 5.75 Å². The van der Waals surface area contributed by atoms with Gasteiger partial charge in [-0.15, -0.1) is 0 Å². The highest BCUT2D eigenvalue weighted by Crippen LogP contribution is 2.58. The van der Waals surface area contributed by atoms with Crippen LogP contribution in [0.15, 0.2) is 47.6 Å². The maximum atomic E-state index is 13.0. The maximum Gasteiger partial charge on any atom is 0.338 e. The van der Waals surface area contributed by atoms with Crippen molar-refractivity contribution in [3.63, 3.8) is 0 Å². The van der Waals surface area contributed by atoms with Crippen LogP contribution >= 0.6 is 0 Å². The van der Waals surface area contributed by atoms with E-state index in [4.69, 9.17) is 9.47 Å². The Labute approximate surface area is 196 Å². The van der Waals surface area contributed by atoms with Gasteiger partial charge in [-0.05, 0) is 69.9 Å². The fourth-order valence-electron chi connectivity index (χ4n) is 5.42. The predicted octanol–water partition coefficient (Wildman–Crippen LogP) is 4.95. The molecule has 3 rings (SSSR count). The summed E-state index contributed by atoms with van der Waals surface area (Å²) in [4.78, 5) is 25.7. The molecule has 2 aliphatic rings. The molecular weight excluding hydrogens is 420 g/mol. The molecule has 0 unspecified atom stereocenters. The van der Waals surface area contributed by atoms with Crippen LogP contribution in [0.4, 0.5) is 0 Å². The number of phenolic OH excluding ortho intramolecular Hbond substituents is 1. The lowest BCUT2D eigenvalue weighted by Crippen LogP contribution is -2.53. The lowest BCUT2D eigenvalue weighted by Gasteiger charge is -2.45. The van der Waals surface area contributed by atoms with E-state index in [2.05, 4.69) is 0 Å². The zero-order valence-corrected chi connectivity index (χ0v) is 20.4. The van der Waals surface area contributed by atoms with Gasteiger partial charge in [0.1, 0.15) is 18.0 Å². The standard InChI is InChI=1S/C27H36O6/c1-7-18(5)24(29)33-22-15-17(4)14-21(32-25(30)19-8-10-20(28)11-9-19)23-26(22,6)12-13-27(23,31)16(2)3/h7-11,15-16,21-23,28,31H,12-14H2,1-6H3/t21-,22-,23+,26+,27-/m1/s1. The van der Waals surface area contributed by atoms with Gasteiger partial charge in [-0.1, -0.05) is 32.4 Å². The van der Waals surface area contributed by atoms with Gasteiger partial charge in [0.25, 0.3) is 0 Å². The first-order valence-electron chi connectivity index (χ1n) is 11.7. The lowest BCUT2D eigenvalue weighted by atomic mass is 9.66. The molecule has 6 heteroatoms. The fraction of sp³-hybridized carbons (Fsp3) is 0.556. The molecule has 6 nitrogen and oxygen atoms in total. The minimum absolute atomic E-state index is 0.0680. The zero-order chi connectivity index (χ0) is 24.6. The van der Waals surface area contributed by atoms with Gasteiger partial charge in [0.2, 0.25) is 0 Å². The van der Waals surface area contributed by atoms with E-state index in [1.54, 1.807) is 19.9 Å². The molecule has 180 valence electrons. The monoisotopic (exact) mass is 456 g/mol. The predicted molar refractivity (Wildman–Crippen MR) is 126 cm³/mol. The summed E-state index contributed by atoms with van der Waals surface area (Å²) in [5.74, 6) is -1.33. The molecule has 1 aromatic carbocycles. The molecule has 0 bridgehead atoms. The number of carbonyl (C=O) groups is 2. The molecule has 1 fully saturated rings. The first-order chi connectivity index (χ1) is 15.4. The summed E-state index contributed by atoms with van der Waals surface area (Å²) < 4.78 is 12.0. The highest BCUT2D eigenvalue weighted by Gasteiger charge is 2.63. The molecule has 2 aliphatic carbocycles. The second kappa shape index (κ2) is 9.34. The van der Waals surface area contributed by atoms with E-state index in [0.29, 0.717) is 30.4 Å². The first kappa shape index (κ1) is 25.0. The topological polar surface area (TPSA) is 93.1 Å². The Balaban J connectivity index is 2.01. The van der Waals surface area contributed by atoms with Gasteiger partial charge in [0, 0.05) is 23.3 Å².